The van der Waals surface area contributed by atoms with Gasteiger partial charge in [-0.05, 0) is 36.8 Å². The normalized spacial score (nSPS) is 13.3. The molecule has 1 N–H and O–H groups in total. The number of aromatic nitrogens is 4. The minimum absolute atomic E-state index is 0.0351. The van der Waals surface area contributed by atoms with Crippen molar-refractivity contribution >= 4 is 29.1 Å². The van der Waals surface area contributed by atoms with Crippen molar-refractivity contribution in [3.63, 3.8) is 0 Å². The van der Waals surface area contributed by atoms with E-state index in [4.69, 9.17) is 14.7 Å². The van der Waals surface area contributed by atoms with Crippen LogP contribution in [0.5, 0.6) is 0 Å². The fourth-order valence-electron chi connectivity index (χ4n) is 4.38. The van der Waals surface area contributed by atoms with E-state index < -0.39 is 0 Å². The number of ketones is 1. The highest BCUT2D eigenvalue weighted by Crippen LogP contribution is 2.26. The molecule has 1 saturated heterocycles. The van der Waals surface area contributed by atoms with Gasteiger partial charge in [0.1, 0.15) is 0 Å². The third kappa shape index (κ3) is 5.62. The van der Waals surface area contributed by atoms with Gasteiger partial charge in [-0.15, -0.1) is 5.10 Å². The van der Waals surface area contributed by atoms with E-state index in [1.165, 1.54) is 0 Å². The topological polar surface area (TPSA) is 124 Å². The van der Waals surface area contributed by atoms with Crippen molar-refractivity contribution in [1.29, 1.82) is 5.26 Å². The Kier molecular flexibility index (Phi) is 7.26. The number of rotatable bonds is 8. The average Bonchev–Trinajstić information content (AvgIpc) is 3.39. The zero-order valence-electron chi connectivity index (χ0n) is 21.4. The molecule has 0 atom stereocenters. The number of anilines is 4. The molecular formula is C28H28N8O2. The van der Waals surface area contributed by atoms with Crippen molar-refractivity contribution in [3.05, 3.63) is 71.7 Å². The summed E-state index contributed by atoms with van der Waals surface area (Å²) in [6.45, 7) is 7.11. The maximum Gasteiger partial charge on any atom is 0.318 e. The Balaban J connectivity index is 1.22. The number of nitrogens with one attached hydrogen (secondary N) is 1. The lowest BCUT2D eigenvalue weighted by Crippen LogP contribution is -2.46. The van der Waals surface area contributed by atoms with Crippen LogP contribution >= 0.6 is 0 Å². The van der Waals surface area contributed by atoms with E-state index >= 15 is 0 Å². The summed E-state index contributed by atoms with van der Waals surface area (Å²) >= 11 is 0. The third-order valence-electron chi connectivity index (χ3n) is 6.47. The smallest absolute Gasteiger partial charge is 0.318 e. The van der Waals surface area contributed by atoms with Crippen molar-refractivity contribution in [1.82, 2.24) is 20.2 Å². The van der Waals surface area contributed by atoms with Crippen LogP contribution in [0.4, 0.5) is 23.3 Å². The maximum absolute atomic E-state index is 12.2. The average molecular weight is 509 g/mol. The number of nitriles is 1. The summed E-state index contributed by atoms with van der Waals surface area (Å²) in [7, 11) is 0. The first-order valence-corrected chi connectivity index (χ1v) is 12.5. The standard InChI is InChI=1S/C28H28N8O2/c1-19-18-30-27(32-26(19)22-7-5-21(6-8-22)25(37)4-3-13-29)31-23-9-11-24(12-10-23)35-14-16-36(17-15-35)28-34-33-20(2)38-28/h5-12,18H,3-4,14-17H2,1-2H3,(H,30,31,32). The molecule has 5 rings (SSSR count). The quantitative estimate of drug-likeness (QED) is 0.335. The molecule has 1 aliphatic rings. The molecule has 0 unspecified atom stereocenters. The van der Waals surface area contributed by atoms with Crippen LogP contribution in [0.25, 0.3) is 11.3 Å². The number of carbonyl (C=O) groups is 1. The molecule has 4 aromatic rings. The predicted molar refractivity (Wildman–Crippen MR) is 145 cm³/mol. The van der Waals surface area contributed by atoms with Crippen molar-refractivity contribution in [2.24, 2.45) is 0 Å². The first kappa shape index (κ1) is 24.9. The summed E-state index contributed by atoms with van der Waals surface area (Å²) < 4.78 is 5.55. The second-order valence-electron chi connectivity index (χ2n) is 9.13. The van der Waals surface area contributed by atoms with Gasteiger partial charge in [-0.3, -0.25) is 4.79 Å². The molecule has 1 aliphatic heterocycles. The van der Waals surface area contributed by atoms with Crippen LogP contribution in [-0.2, 0) is 0 Å². The Morgan fingerprint density at radius 3 is 2.37 bits per heavy atom. The zero-order valence-corrected chi connectivity index (χ0v) is 21.4. The van der Waals surface area contributed by atoms with Crippen LogP contribution in [0, 0.1) is 25.2 Å². The first-order chi connectivity index (χ1) is 18.5. The molecule has 38 heavy (non-hydrogen) atoms. The van der Waals surface area contributed by atoms with Gasteiger partial charge in [-0.25, -0.2) is 9.97 Å². The Labute approximate surface area is 221 Å². The number of aryl methyl sites for hydroxylation is 2. The van der Waals surface area contributed by atoms with Gasteiger partial charge in [0.2, 0.25) is 11.8 Å². The fourth-order valence-corrected chi connectivity index (χ4v) is 4.38. The molecule has 0 bridgehead atoms. The van der Waals surface area contributed by atoms with Crippen molar-refractivity contribution in [3.8, 4) is 17.3 Å². The van der Waals surface area contributed by atoms with Gasteiger partial charge in [-0.1, -0.05) is 29.4 Å². The van der Waals surface area contributed by atoms with Crippen molar-refractivity contribution in [2.45, 2.75) is 26.7 Å². The van der Waals surface area contributed by atoms with Gasteiger partial charge in [0.25, 0.3) is 0 Å². The van der Waals surface area contributed by atoms with E-state index in [-0.39, 0.29) is 18.6 Å². The number of piperazine rings is 1. The van der Waals surface area contributed by atoms with Gasteiger partial charge in [0.05, 0.1) is 11.8 Å². The van der Waals surface area contributed by atoms with E-state index in [0.29, 0.717) is 23.4 Å². The summed E-state index contributed by atoms with van der Waals surface area (Å²) in [4.78, 5) is 25.8. The second-order valence-corrected chi connectivity index (χ2v) is 9.13. The molecule has 0 spiro atoms. The maximum atomic E-state index is 12.2. The number of benzene rings is 2. The Morgan fingerprint density at radius 2 is 1.71 bits per heavy atom. The van der Waals surface area contributed by atoms with Crippen LogP contribution in [0.15, 0.2) is 59.1 Å². The SMILES string of the molecule is Cc1nnc(N2CCN(c3ccc(Nc4ncc(C)c(-c5ccc(C(=O)CCC#N)cc5)n4)cc3)CC2)o1. The minimum Gasteiger partial charge on any atom is -0.408 e. The lowest BCUT2D eigenvalue weighted by molar-refractivity contribution is 0.0984. The highest BCUT2D eigenvalue weighted by Gasteiger charge is 2.21. The van der Waals surface area contributed by atoms with E-state index in [9.17, 15) is 4.79 Å². The van der Waals surface area contributed by atoms with E-state index in [2.05, 4.69) is 42.4 Å². The third-order valence-corrected chi connectivity index (χ3v) is 6.47. The molecule has 0 amide bonds. The molecule has 0 aliphatic carbocycles. The lowest BCUT2D eigenvalue weighted by atomic mass is 10.0. The summed E-state index contributed by atoms with van der Waals surface area (Å²) in [6.07, 6.45) is 2.24. The molecule has 1 fully saturated rings. The highest BCUT2D eigenvalue weighted by molar-refractivity contribution is 5.96. The van der Waals surface area contributed by atoms with Gasteiger partial charge < -0.3 is 19.5 Å². The molecule has 10 heteroatoms. The fraction of sp³-hybridized carbons (Fsp3) is 0.286. The molecule has 192 valence electrons. The van der Waals surface area contributed by atoms with Gasteiger partial charge in [0, 0.05) is 74.6 Å². The first-order valence-electron chi connectivity index (χ1n) is 12.5. The van der Waals surface area contributed by atoms with Crippen molar-refractivity contribution < 1.29 is 9.21 Å². The molecular weight excluding hydrogens is 480 g/mol. The second kappa shape index (κ2) is 11.1. The van der Waals surface area contributed by atoms with Crippen LogP contribution < -0.4 is 15.1 Å². The van der Waals surface area contributed by atoms with E-state index in [1.54, 1.807) is 25.3 Å². The minimum atomic E-state index is -0.0351. The highest BCUT2D eigenvalue weighted by atomic mass is 16.4. The van der Waals surface area contributed by atoms with Gasteiger partial charge in [0.15, 0.2) is 5.78 Å². The van der Waals surface area contributed by atoms with Crippen molar-refractivity contribution in [2.75, 3.05) is 41.3 Å². The number of hydrogen-bond acceptors (Lipinski definition) is 10. The molecule has 2 aromatic heterocycles. The lowest BCUT2D eigenvalue weighted by Gasteiger charge is -2.35. The molecule has 0 saturated carbocycles. The monoisotopic (exact) mass is 508 g/mol. The number of Topliss-reactive ketones (excluding diaryl/α,β-unsaturated/α-hetero) is 1. The summed E-state index contributed by atoms with van der Waals surface area (Å²) in [5.41, 5.74) is 5.26. The molecule has 3 heterocycles. The Morgan fingerprint density at radius 1 is 1.00 bits per heavy atom. The van der Waals surface area contributed by atoms with Crippen LogP contribution in [-0.4, -0.2) is 52.1 Å². The van der Waals surface area contributed by atoms with Crippen LogP contribution in [0.3, 0.4) is 0 Å². The van der Waals surface area contributed by atoms with Crippen LogP contribution in [0.1, 0.15) is 34.7 Å². The zero-order chi connectivity index (χ0) is 26.5. The molecule has 2 aromatic carbocycles. The van der Waals surface area contributed by atoms with Crippen LogP contribution in [0.2, 0.25) is 0 Å². The Hall–Kier alpha value is -4.78. The number of nitrogens with zero attached hydrogens (tertiary/aromatic N) is 7. The Bertz CT molecular complexity index is 1450. The number of carbonyl (C=O) groups excluding carboxylic acids is 1. The molecule has 0 radical (unpaired) electrons. The van der Waals surface area contributed by atoms with Gasteiger partial charge in [-0.2, -0.15) is 5.26 Å². The largest absolute Gasteiger partial charge is 0.408 e. The molecule has 10 nitrogen and oxygen atoms in total. The van der Waals surface area contributed by atoms with E-state index in [0.717, 1.165) is 54.4 Å². The van der Waals surface area contributed by atoms with Gasteiger partial charge >= 0.3 is 6.01 Å². The summed E-state index contributed by atoms with van der Waals surface area (Å²) in [5, 5.41) is 20.0. The number of hydrogen-bond donors (Lipinski definition) is 1. The van der Waals surface area contributed by atoms with E-state index in [1.807, 2.05) is 37.3 Å². The predicted octanol–water partition coefficient (Wildman–Crippen LogP) is 4.70. The summed E-state index contributed by atoms with van der Waals surface area (Å²) in [5.74, 6) is 1.04. The summed E-state index contributed by atoms with van der Waals surface area (Å²) in [6, 6.07) is 18.1.